The van der Waals surface area contributed by atoms with Crippen LogP contribution in [0.5, 0.6) is 0 Å². The Bertz CT molecular complexity index is 863. The lowest BCUT2D eigenvalue weighted by Crippen LogP contribution is -2.32. The maximum atomic E-state index is 14.3. The molecule has 2 atom stereocenters. The average molecular weight is 383 g/mol. The van der Waals surface area contributed by atoms with Crippen molar-refractivity contribution < 1.29 is 31.9 Å². The van der Waals surface area contributed by atoms with Gasteiger partial charge in [-0.3, -0.25) is 4.79 Å². The number of carbonyl (C=O) groups is 2. The van der Waals surface area contributed by atoms with Crippen molar-refractivity contribution in [3.8, 4) is 0 Å². The topological polar surface area (TPSA) is 55.4 Å². The van der Waals surface area contributed by atoms with E-state index >= 15 is 0 Å². The Kier molecular flexibility index (Phi) is 5.34. The van der Waals surface area contributed by atoms with Crippen LogP contribution in [0.1, 0.15) is 36.1 Å². The molecule has 27 heavy (non-hydrogen) atoms. The minimum atomic E-state index is -2.29. The number of allylic oxidation sites excluding steroid dienone is 3. The number of esters is 1. The number of carbonyl (C=O) groups excluding carboxylic acids is 2. The van der Waals surface area contributed by atoms with Crippen molar-refractivity contribution >= 4 is 11.8 Å². The quantitative estimate of drug-likeness (QED) is 0.625. The summed E-state index contributed by atoms with van der Waals surface area (Å²) in [6.45, 7) is -2.55. The fourth-order valence-corrected chi connectivity index (χ4v) is 3.69. The molecule has 0 spiro atoms. The van der Waals surface area contributed by atoms with Crippen LogP contribution in [0.4, 0.5) is 17.6 Å². The van der Waals surface area contributed by atoms with Gasteiger partial charge in [-0.2, -0.15) is 0 Å². The van der Waals surface area contributed by atoms with Crippen LogP contribution in [0.25, 0.3) is 0 Å². The lowest BCUT2D eigenvalue weighted by atomic mass is 9.77. The Morgan fingerprint density at radius 3 is 2.70 bits per heavy atom. The van der Waals surface area contributed by atoms with E-state index in [-0.39, 0.29) is 41.0 Å². The van der Waals surface area contributed by atoms with Gasteiger partial charge in [0.1, 0.15) is 19.2 Å². The SMILES string of the molecule is COC(=O)C1=C(CF)NC2=C(C(=O)CC2)[C@H]1c1cccc(F)c1[C@H](F)CF. The molecule has 1 heterocycles. The largest absolute Gasteiger partial charge is 0.466 e. The molecule has 0 aromatic heterocycles. The van der Waals surface area contributed by atoms with Crippen LogP contribution in [-0.2, 0) is 14.3 Å². The third-order valence-corrected chi connectivity index (χ3v) is 4.82. The number of ether oxygens (including phenoxy) is 1. The highest BCUT2D eigenvalue weighted by molar-refractivity contribution is 6.05. The van der Waals surface area contributed by atoms with Gasteiger partial charge in [-0.1, -0.05) is 12.1 Å². The molecule has 0 radical (unpaired) electrons. The summed E-state index contributed by atoms with van der Waals surface area (Å²) < 4.78 is 59.9. The summed E-state index contributed by atoms with van der Waals surface area (Å²) in [5.74, 6) is -3.50. The first-order valence-electron chi connectivity index (χ1n) is 8.33. The van der Waals surface area contributed by atoms with E-state index in [0.29, 0.717) is 5.70 Å². The highest BCUT2D eigenvalue weighted by atomic mass is 19.2. The monoisotopic (exact) mass is 383 g/mol. The summed E-state index contributed by atoms with van der Waals surface area (Å²) in [6.07, 6.45) is -1.88. The van der Waals surface area contributed by atoms with Crippen LogP contribution in [0, 0.1) is 5.82 Å². The van der Waals surface area contributed by atoms with E-state index in [1.807, 2.05) is 0 Å². The van der Waals surface area contributed by atoms with Gasteiger partial charge in [0, 0.05) is 29.2 Å². The van der Waals surface area contributed by atoms with Gasteiger partial charge >= 0.3 is 5.97 Å². The maximum absolute atomic E-state index is 14.3. The number of hydrogen-bond acceptors (Lipinski definition) is 4. The highest BCUT2D eigenvalue weighted by Crippen LogP contribution is 2.46. The van der Waals surface area contributed by atoms with Crippen molar-refractivity contribution in [1.82, 2.24) is 5.32 Å². The molecule has 0 bridgehead atoms. The van der Waals surface area contributed by atoms with Gasteiger partial charge in [-0.05, 0) is 18.1 Å². The Balaban J connectivity index is 2.30. The molecule has 2 aliphatic rings. The number of dihydropyridines is 1. The van der Waals surface area contributed by atoms with E-state index in [9.17, 15) is 27.2 Å². The lowest BCUT2D eigenvalue weighted by molar-refractivity contribution is -0.136. The molecule has 144 valence electrons. The van der Waals surface area contributed by atoms with Crippen molar-refractivity contribution in [2.75, 3.05) is 20.5 Å². The number of halogens is 4. The van der Waals surface area contributed by atoms with Crippen molar-refractivity contribution in [1.29, 1.82) is 0 Å². The van der Waals surface area contributed by atoms with Crippen molar-refractivity contribution in [3.05, 3.63) is 57.7 Å². The Morgan fingerprint density at radius 1 is 1.33 bits per heavy atom. The van der Waals surface area contributed by atoms with E-state index in [2.05, 4.69) is 5.32 Å². The summed E-state index contributed by atoms with van der Waals surface area (Å²) in [5.41, 5.74) is -0.520. The van der Waals surface area contributed by atoms with E-state index in [0.717, 1.165) is 13.2 Å². The molecule has 0 amide bonds. The predicted molar refractivity (Wildman–Crippen MR) is 88.4 cm³/mol. The summed E-state index contributed by atoms with van der Waals surface area (Å²) in [4.78, 5) is 24.8. The number of hydrogen-bond donors (Lipinski definition) is 1. The summed E-state index contributed by atoms with van der Waals surface area (Å²) in [6, 6.07) is 3.54. The zero-order valence-electron chi connectivity index (χ0n) is 14.5. The van der Waals surface area contributed by atoms with Crippen molar-refractivity contribution in [3.63, 3.8) is 0 Å². The molecule has 0 unspecified atom stereocenters. The van der Waals surface area contributed by atoms with Crippen molar-refractivity contribution in [2.45, 2.75) is 24.9 Å². The fraction of sp³-hybridized carbons (Fsp3) is 0.368. The molecule has 1 aliphatic heterocycles. The van der Waals surface area contributed by atoms with Crippen LogP contribution in [-0.4, -0.2) is 32.2 Å². The van der Waals surface area contributed by atoms with Crippen LogP contribution in [0.3, 0.4) is 0 Å². The first kappa shape index (κ1) is 19.1. The molecule has 1 N–H and O–H groups in total. The average Bonchev–Trinajstić information content (AvgIpc) is 3.05. The molecule has 1 aromatic rings. The van der Waals surface area contributed by atoms with Crippen LogP contribution in [0.2, 0.25) is 0 Å². The third kappa shape index (κ3) is 3.13. The Morgan fingerprint density at radius 2 is 2.07 bits per heavy atom. The van der Waals surface area contributed by atoms with E-state index in [1.54, 1.807) is 0 Å². The first-order chi connectivity index (χ1) is 12.9. The number of methoxy groups -OCH3 is 1. The molecular weight excluding hydrogens is 366 g/mol. The lowest BCUT2D eigenvalue weighted by Gasteiger charge is -2.30. The van der Waals surface area contributed by atoms with Gasteiger partial charge in [-0.15, -0.1) is 0 Å². The second-order valence-electron chi connectivity index (χ2n) is 6.26. The van der Waals surface area contributed by atoms with Crippen LogP contribution in [0.15, 0.2) is 40.7 Å². The number of benzene rings is 1. The molecule has 0 saturated heterocycles. The number of alkyl halides is 3. The second-order valence-corrected chi connectivity index (χ2v) is 6.26. The minimum absolute atomic E-state index is 0.0873. The third-order valence-electron chi connectivity index (χ3n) is 4.82. The van der Waals surface area contributed by atoms with Gasteiger partial charge in [-0.25, -0.2) is 22.4 Å². The minimum Gasteiger partial charge on any atom is -0.466 e. The summed E-state index contributed by atoms with van der Waals surface area (Å²) >= 11 is 0. The maximum Gasteiger partial charge on any atom is 0.336 e. The van der Waals surface area contributed by atoms with Crippen LogP contribution < -0.4 is 5.32 Å². The fourth-order valence-electron chi connectivity index (χ4n) is 3.69. The molecule has 8 heteroatoms. The Labute approximate surface area is 152 Å². The zero-order valence-corrected chi connectivity index (χ0v) is 14.5. The van der Waals surface area contributed by atoms with Crippen LogP contribution >= 0.6 is 0 Å². The van der Waals surface area contributed by atoms with Gasteiger partial charge in [0.2, 0.25) is 0 Å². The molecule has 3 rings (SSSR count). The zero-order chi connectivity index (χ0) is 19.7. The molecule has 0 fully saturated rings. The smallest absolute Gasteiger partial charge is 0.336 e. The number of rotatable bonds is 5. The normalized spacial score (nSPS) is 20.5. The molecule has 1 aliphatic carbocycles. The number of nitrogens with one attached hydrogen (secondary N) is 1. The van der Waals surface area contributed by atoms with Gasteiger partial charge in [0.15, 0.2) is 12.0 Å². The Hall–Kier alpha value is -2.64. The van der Waals surface area contributed by atoms with Gasteiger partial charge in [0.05, 0.1) is 18.4 Å². The van der Waals surface area contributed by atoms with E-state index < -0.39 is 42.8 Å². The number of Topliss-reactive ketones (excluding diaryl/α,β-unsaturated/α-hetero) is 1. The summed E-state index contributed by atoms with van der Waals surface area (Å²) in [7, 11) is 1.08. The summed E-state index contributed by atoms with van der Waals surface area (Å²) in [5, 5.41) is 2.74. The molecule has 0 saturated carbocycles. The molecular formula is C19H17F4NO3. The highest BCUT2D eigenvalue weighted by Gasteiger charge is 2.42. The van der Waals surface area contributed by atoms with E-state index in [1.165, 1.54) is 12.1 Å². The standard InChI is InChI=1S/C19H17F4NO3/c1-27-19(26)18-13(8-21)24-12-5-6-14(25)17(12)16(18)9-3-2-4-10(22)15(9)11(23)7-20/h2-4,11,16,24H,5-8H2,1H3/t11-,16-/m1/s1. The molecule has 1 aromatic carbocycles. The number of ketones is 1. The van der Waals surface area contributed by atoms with Gasteiger partial charge < -0.3 is 10.1 Å². The van der Waals surface area contributed by atoms with E-state index in [4.69, 9.17) is 4.74 Å². The second kappa shape index (κ2) is 7.54. The van der Waals surface area contributed by atoms with Crippen molar-refractivity contribution in [2.24, 2.45) is 0 Å². The predicted octanol–water partition coefficient (Wildman–Crippen LogP) is 3.51. The molecule has 4 nitrogen and oxygen atoms in total. The van der Waals surface area contributed by atoms with Gasteiger partial charge in [0.25, 0.3) is 0 Å². The first-order valence-corrected chi connectivity index (χ1v) is 8.33.